The zero-order chi connectivity index (χ0) is 11.9. The summed E-state index contributed by atoms with van der Waals surface area (Å²) in [5.74, 6) is 0.292. The summed E-state index contributed by atoms with van der Waals surface area (Å²) < 4.78 is 0.864. The average molecular weight is 218 g/mol. The first-order valence-electron chi connectivity index (χ1n) is 5.12. The first-order valence-corrected chi connectivity index (χ1v) is 5.12. The Bertz CT molecular complexity index is 552. The Hall–Kier alpha value is -1.84. The number of aromatic nitrogens is 2. The van der Waals surface area contributed by atoms with Crippen molar-refractivity contribution in [3.63, 3.8) is 0 Å². The van der Waals surface area contributed by atoms with Crippen LogP contribution in [0.5, 0.6) is 0 Å². The molecular weight excluding hydrogens is 204 g/mol. The third-order valence-electron chi connectivity index (χ3n) is 2.52. The molecule has 0 unspecified atom stereocenters. The summed E-state index contributed by atoms with van der Waals surface area (Å²) in [6.07, 6.45) is 1.45. The van der Waals surface area contributed by atoms with Crippen molar-refractivity contribution in [2.75, 3.05) is 0 Å². The Morgan fingerprint density at radius 3 is 2.69 bits per heavy atom. The number of fused-ring (bicyclic) bond motifs is 1. The van der Waals surface area contributed by atoms with Gasteiger partial charge in [0.05, 0.1) is 0 Å². The van der Waals surface area contributed by atoms with E-state index in [1.807, 2.05) is 26.8 Å². The number of pyridine rings is 2. The highest BCUT2D eigenvalue weighted by molar-refractivity contribution is 5.57. The number of hydrogen-bond acceptors (Lipinski definition) is 3. The van der Waals surface area contributed by atoms with Crippen LogP contribution in [0, 0.1) is 0 Å². The summed E-state index contributed by atoms with van der Waals surface area (Å²) in [6, 6.07) is 5.32. The van der Waals surface area contributed by atoms with Crippen molar-refractivity contribution in [1.29, 1.82) is 0 Å². The van der Waals surface area contributed by atoms with Gasteiger partial charge in [-0.1, -0.05) is 20.8 Å². The second-order valence-electron chi connectivity index (χ2n) is 4.86. The molecule has 0 bridgehead atoms. The monoisotopic (exact) mass is 218 g/mol. The first-order chi connectivity index (χ1) is 7.39. The maximum Gasteiger partial charge on any atom is 0.275 e. The maximum atomic E-state index is 11.8. The number of nitrogens with zero attached hydrogens (tertiary/aromatic N) is 2. The molecule has 0 atom stereocenters. The van der Waals surface area contributed by atoms with E-state index in [0.717, 1.165) is 10.3 Å². The summed E-state index contributed by atoms with van der Waals surface area (Å²) in [6.45, 7) is 5.90. The normalized spacial score (nSPS) is 11.9. The zero-order valence-corrected chi connectivity index (χ0v) is 9.56. The van der Waals surface area contributed by atoms with Crippen LogP contribution < -0.4 is 5.56 Å². The standard InChI is InChI=1S/C12H14N2O2/c1-12(2,3)9-7-8-5-4-6-14(16)10(8)13-11(9)15/h4-7,16H,1-3H3. The molecule has 0 aromatic rings. The topological polar surface area (TPSA) is 55.1 Å². The Morgan fingerprint density at radius 1 is 1.38 bits per heavy atom. The number of hydrogen-bond donors (Lipinski definition) is 1. The maximum absolute atomic E-state index is 11.8. The molecule has 2 rings (SSSR count). The molecule has 0 spiro atoms. The van der Waals surface area contributed by atoms with Crippen LogP contribution >= 0.6 is 0 Å². The fourth-order valence-corrected chi connectivity index (χ4v) is 1.65. The molecule has 84 valence electrons. The van der Waals surface area contributed by atoms with Crippen molar-refractivity contribution < 1.29 is 5.21 Å². The molecule has 1 N–H and O–H groups in total. The quantitative estimate of drug-likeness (QED) is 0.687. The van der Waals surface area contributed by atoms with Gasteiger partial charge in [-0.25, -0.2) is 0 Å². The predicted octanol–water partition coefficient (Wildman–Crippen LogP) is 1.88. The number of rotatable bonds is 0. The van der Waals surface area contributed by atoms with E-state index in [1.165, 1.54) is 6.20 Å². The Labute approximate surface area is 93.5 Å². The van der Waals surface area contributed by atoms with E-state index in [1.54, 1.807) is 12.1 Å². The van der Waals surface area contributed by atoms with E-state index < -0.39 is 0 Å². The van der Waals surface area contributed by atoms with Crippen LogP contribution in [0.4, 0.5) is 0 Å². The molecular formula is C12H14N2O2. The van der Waals surface area contributed by atoms with Crippen LogP contribution in [-0.4, -0.2) is 14.9 Å². The van der Waals surface area contributed by atoms with Gasteiger partial charge in [0, 0.05) is 17.3 Å². The molecule has 0 aromatic carbocycles. The Kier molecular flexibility index (Phi) is 2.22. The van der Waals surface area contributed by atoms with E-state index in [-0.39, 0.29) is 11.0 Å². The van der Waals surface area contributed by atoms with E-state index in [0.29, 0.717) is 11.4 Å². The molecule has 4 nitrogen and oxygen atoms in total. The van der Waals surface area contributed by atoms with Gasteiger partial charge >= 0.3 is 0 Å². The fraction of sp³-hybridized carbons (Fsp3) is 0.333. The molecule has 0 saturated heterocycles. The lowest BCUT2D eigenvalue weighted by molar-refractivity contribution is 0.186. The molecule has 0 fully saturated rings. The zero-order valence-electron chi connectivity index (χ0n) is 9.56. The molecule has 0 saturated carbocycles. The van der Waals surface area contributed by atoms with Gasteiger partial charge in [0.25, 0.3) is 5.56 Å². The molecule has 2 heterocycles. The summed E-state index contributed by atoms with van der Waals surface area (Å²) in [5.41, 5.74) is 0.892. The molecule has 2 aliphatic rings. The largest absolute Gasteiger partial charge is 0.427 e. The van der Waals surface area contributed by atoms with Crippen LogP contribution in [0.2, 0.25) is 0 Å². The van der Waals surface area contributed by atoms with E-state index in [4.69, 9.17) is 0 Å². The summed E-state index contributed by atoms with van der Waals surface area (Å²) in [5, 5.41) is 9.50. The molecule has 0 amide bonds. The highest BCUT2D eigenvalue weighted by atomic mass is 16.5. The van der Waals surface area contributed by atoms with Gasteiger partial charge in [0.2, 0.25) is 0 Å². The minimum Gasteiger partial charge on any atom is -0.427 e. The van der Waals surface area contributed by atoms with Crippen molar-refractivity contribution in [2.45, 2.75) is 26.2 Å². The van der Waals surface area contributed by atoms with Gasteiger partial charge in [-0.15, -0.1) is 0 Å². The molecule has 16 heavy (non-hydrogen) atoms. The molecule has 0 aliphatic carbocycles. The minimum absolute atomic E-state index is 0.242. The third-order valence-corrected chi connectivity index (χ3v) is 2.52. The van der Waals surface area contributed by atoms with Crippen LogP contribution in [0.1, 0.15) is 26.3 Å². The summed E-state index contributed by atoms with van der Waals surface area (Å²) in [7, 11) is 0. The second kappa shape index (κ2) is 3.33. The lowest BCUT2D eigenvalue weighted by atomic mass is 9.87. The summed E-state index contributed by atoms with van der Waals surface area (Å²) in [4.78, 5) is 15.7. The summed E-state index contributed by atoms with van der Waals surface area (Å²) >= 11 is 0. The molecule has 2 aliphatic heterocycles. The van der Waals surface area contributed by atoms with E-state index in [2.05, 4.69) is 4.98 Å². The smallest absolute Gasteiger partial charge is 0.275 e. The van der Waals surface area contributed by atoms with Crippen LogP contribution in [-0.2, 0) is 5.41 Å². The van der Waals surface area contributed by atoms with Crippen LogP contribution in [0.25, 0.3) is 11.4 Å². The molecule has 0 aromatic heterocycles. The molecule has 0 radical (unpaired) electrons. The van der Waals surface area contributed by atoms with Crippen molar-refractivity contribution in [3.05, 3.63) is 40.3 Å². The van der Waals surface area contributed by atoms with Gasteiger partial charge in [0.1, 0.15) is 0 Å². The van der Waals surface area contributed by atoms with Crippen molar-refractivity contribution in [2.24, 2.45) is 0 Å². The minimum atomic E-state index is -0.283. The predicted molar refractivity (Wildman–Crippen MR) is 61.0 cm³/mol. The third kappa shape index (κ3) is 1.66. The van der Waals surface area contributed by atoms with Crippen molar-refractivity contribution in [3.8, 4) is 11.4 Å². The van der Waals surface area contributed by atoms with Crippen LogP contribution in [0.15, 0.2) is 29.2 Å². The SMILES string of the molecule is CC(C)(C)c1cc2cccn(O)c-2nc1=O. The lowest BCUT2D eigenvalue weighted by Gasteiger charge is -2.19. The highest BCUT2D eigenvalue weighted by Crippen LogP contribution is 2.24. The first kappa shape index (κ1) is 10.7. The average Bonchev–Trinajstić information content (AvgIpc) is 2.17. The van der Waals surface area contributed by atoms with Gasteiger partial charge < -0.3 is 5.21 Å². The van der Waals surface area contributed by atoms with E-state index >= 15 is 0 Å². The highest BCUT2D eigenvalue weighted by Gasteiger charge is 2.21. The lowest BCUT2D eigenvalue weighted by Crippen LogP contribution is -2.26. The second-order valence-corrected chi connectivity index (χ2v) is 4.86. The van der Waals surface area contributed by atoms with Gasteiger partial charge in [-0.3, -0.25) is 4.79 Å². The van der Waals surface area contributed by atoms with Crippen LogP contribution in [0.3, 0.4) is 0 Å². The van der Waals surface area contributed by atoms with Gasteiger partial charge in [-0.2, -0.15) is 9.71 Å². The molecule has 4 heteroatoms. The fourth-order valence-electron chi connectivity index (χ4n) is 1.65. The van der Waals surface area contributed by atoms with Crippen molar-refractivity contribution in [1.82, 2.24) is 9.71 Å². The van der Waals surface area contributed by atoms with E-state index in [9.17, 15) is 10.0 Å². The van der Waals surface area contributed by atoms with Crippen molar-refractivity contribution >= 4 is 0 Å². The Morgan fingerprint density at radius 2 is 2.06 bits per heavy atom. The Balaban J connectivity index is 2.79. The van der Waals surface area contributed by atoms with Gasteiger partial charge in [-0.05, 0) is 23.6 Å². The van der Waals surface area contributed by atoms with Gasteiger partial charge in [0.15, 0.2) is 5.82 Å².